The number of aryl methyl sites for hydroxylation is 2. The van der Waals surface area contributed by atoms with Crippen molar-refractivity contribution in [3.63, 3.8) is 0 Å². The minimum atomic E-state index is -0.309. The lowest BCUT2D eigenvalue weighted by molar-refractivity contribution is 0.175. The Hall–Kier alpha value is -2.82. The second-order valence-corrected chi connectivity index (χ2v) is 7.32. The molecule has 2 atom stereocenters. The molecule has 0 spiro atoms. The molecular weight excluding hydrogens is 338 g/mol. The molecule has 2 heterocycles. The number of amides is 1. The highest BCUT2D eigenvalue weighted by Gasteiger charge is 2.31. The van der Waals surface area contributed by atoms with Crippen LogP contribution in [-0.2, 0) is 18.2 Å². The average molecular weight is 363 g/mol. The van der Waals surface area contributed by atoms with E-state index in [9.17, 15) is 4.79 Å². The Kier molecular flexibility index (Phi) is 4.38. The van der Waals surface area contributed by atoms with E-state index in [1.165, 1.54) is 12.7 Å². The number of carbonyl (C=O) groups is 1. The number of methoxy groups -OCH3 is 1. The van der Waals surface area contributed by atoms with Gasteiger partial charge in [-0.15, -0.1) is 0 Å². The molecule has 5 heteroatoms. The Balaban J connectivity index is 1.85. The lowest BCUT2D eigenvalue weighted by atomic mass is 9.96. The van der Waals surface area contributed by atoms with Crippen molar-refractivity contribution < 1.29 is 9.53 Å². The van der Waals surface area contributed by atoms with Crippen LogP contribution in [-0.4, -0.2) is 28.8 Å². The van der Waals surface area contributed by atoms with Gasteiger partial charge in [0.15, 0.2) is 0 Å². The van der Waals surface area contributed by atoms with Crippen molar-refractivity contribution in [1.82, 2.24) is 9.55 Å². The highest BCUT2D eigenvalue weighted by Crippen LogP contribution is 2.37. The highest BCUT2D eigenvalue weighted by atomic mass is 16.5. The zero-order valence-corrected chi connectivity index (χ0v) is 16.3. The van der Waals surface area contributed by atoms with Crippen LogP contribution in [0, 0.1) is 0 Å². The molecule has 0 saturated carbocycles. The number of anilines is 1. The largest absolute Gasteiger partial charge is 0.452 e. The van der Waals surface area contributed by atoms with E-state index in [1.807, 2.05) is 12.1 Å². The molecule has 0 saturated heterocycles. The summed E-state index contributed by atoms with van der Waals surface area (Å²) in [6.45, 7) is 4.25. The van der Waals surface area contributed by atoms with Gasteiger partial charge in [-0.25, -0.2) is 9.78 Å². The number of imidazole rings is 1. The molecule has 0 bridgehead atoms. The third-order valence-corrected chi connectivity index (χ3v) is 5.74. The molecule has 0 aliphatic carbocycles. The lowest BCUT2D eigenvalue weighted by Gasteiger charge is -2.34. The number of fused-ring (bicyclic) bond motifs is 3. The molecule has 0 fully saturated rings. The fourth-order valence-electron chi connectivity index (χ4n) is 4.17. The van der Waals surface area contributed by atoms with Gasteiger partial charge in [-0.3, -0.25) is 4.90 Å². The Morgan fingerprint density at radius 2 is 1.96 bits per heavy atom. The van der Waals surface area contributed by atoms with Crippen molar-refractivity contribution >= 4 is 22.8 Å². The van der Waals surface area contributed by atoms with Crippen LogP contribution in [0.15, 0.2) is 42.5 Å². The summed E-state index contributed by atoms with van der Waals surface area (Å²) in [7, 11) is 3.50. The molecule has 5 nitrogen and oxygen atoms in total. The maximum Gasteiger partial charge on any atom is 0.414 e. The standard InChI is InChI=1S/C22H25N3O2/c1-14-10-11-17-18(25(14)22(26)27-4)12-13-19-20(17)23-21(24(19)3)15(2)16-8-6-5-7-9-16/h5-9,12-15H,10-11H2,1-4H3/t14-,15?/m0/s1. The van der Waals surface area contributed by atoms with Crippen molar-refractivity contribution in [2.45, 2.75) is 38.6 Å². The van der Waals surface area contributed by atoms with E-state index in [1.54, 1.807) is 4.90 Å². The van der Waals surface area contributed by atoms with E-state index in [-0.39, 0.29) is 18.1 Å². The molecule has 3 aromatic rings. The van der Waals surface area contributed by atoms with Crippen LogP contribution in [0.5, 0.6) is 0 Å². The molecule has 27 heavy (non-hydrogen) atoms. The fraction of sp³-hybridized carbons (Fsp3) is 0.364. The molecule has 140 valence electrons. The van der Waals surface area contributed by atoms with Crippen LogP contribution in [0.1, 0.15) is 43.1 Å². The van der Waals surface area contributed by atoms with Gasteiger partial charge in [-0.2, -0.15) is 0 Å². The smallest absolute Gasteiger partial charge is 0.414 e. The molecule has 2 aromatic carbocycles. The number of carbonyl (C=O) groups excluding carboxylic acids is 1. The Labute approximate surface area is 159 Å². The van der Waals surface area contributed by atoms with Gasteiger partial charge >= 0.3 is 6.09 Å². The van der Waals surface area contributed by atoms with Crippen molar-refractivity contribution in [2.75, 3.05) is 12.0 Å². The molecule has 1 aliphatic rings. The van der Waals surface area contributed by atoms with E-state index in [0.29, 0.717) is 0 Å². The van der Waals surface area contributed by atoms with Crippen LogP contribution in [0.25, 0.3) is 11.0 Å². The van der Waals surface area contributed by atoms with Gasteiger partial charge in [0.1, 0.15) is 5.82 Å². The average Bonchev–Trinajstić information content (AvgIpc) is 3.04. The monoisotopic (exact) mass is 363 g/mol. The van der Waals surface area contributed by atoms with Crippen LogP contribution in [0.4, 0.5) is 10.5 Å². The van der Waals surface area contributed by atoms with Gasteiger partial charge in [0.2, 0.25) is 0 Å². The Morgan fingerprint density at radius 3 is 2.67 bits per heavy atom. The molecule has 1 aromatic heterocycles. The third-order valence-electron chi connectivity index (χ3n) is 5.74. The fourth-order valence-corrected chi connectivity index (χ4v) is 4.17. The Morgan fingerprint density at radius 1 is 1.22 bits per heavy atom. The molecular formula is C22H25N3O2. The third kappa shape index (κ3) is 2.78. The van der Waals surface area contributed by atoms with Crippen LogP contribution in [0.2, 0.25) is 0 Å². The lowest BCUT2D eigenvalue weighted by Crippen LogP contribution is -2.42. The van der Waals surface area contributed by atoms with Crippen molar-refractivity contribution in [1.29, 1.82) is 0 Å². The van der Waals surface area contributed by atoms with E-state index in [0.717, 1.165) is 41.0 Å². The van der Waals surface area contributed by atoms with Gasteiger partial charge in [0.05, 0.1) is 23.8 Å². The second-order valence-electron chi connectivity index (χ2n) is 7.32. The predicted molar refractivity (Wildman–Crippen MR) is 107 cm³/mol. The molecule has 0 radical (unpaired) electrons. The van der Waals surface area contributed by atoms with E-state index in [2.05, 4.69) is 55.8 Å². The highest BCUT2D eigenvalue weighted by molar-refractivity contribution is 5.95. The minimum Gasteiger partial charge on any atom is -0.452 e. The van der Waals surface area contributed by atoms with Crippen molar-refractivity contribution in [2.24, 2.45) is 7.05 Å². The van der Waals surface area contributed by atoms with E-state index in [4.69, 9.17) is 9.72 Å². The Bertz CT molecular complexity index is 994. The predicted octanol–water partition coefficient (Wildman–Crippen LogP) is 4.63. The summed E-state index contributed by atoms with van der Waals surface area (Å²) in [5.41, 5.74) is 5.40. The second kappa shape index (κ2) is 6.72. The zero-order chi connectivity index (χ0) is 19.1. The maximum atomic E-state index is 12.3. The van der Waals surface area contributed by atoms with Gasteiger partial charge in [-0.1, -0.05) is 37.3 Å². The first kappa shape index (κ1) is 17.6. The topological polar surface area (TPSA) is 47.4 Å². The molecule has 1 amide bonds. The summed E-state index contributed by atoms with van der Waals surface area (Å²) < 4.78 is 7.19. The molecule has 0 N–H and O–H groups in total. The van der Waals surface area contributed by atoms with Crippen molar-refractivity contribution in [3.8, 4) is 0 Å². The summed E-state index contributed by atoms with van der Waals surface area (Å²) in [4.78, 5) is 19.1. The summed E-state index contributed by atoms with van der Waals surface area (Å²) in [5.74, 6) is 1.23. The first-order valence-corrected chi connectivity index (χ1v) is 9.43. The first-order chi connectivity index (χ1) is 13.0. The summed E-state index contributed by atoms with van der Waals surface area (Å²) in [6.07, 6.45) is 1.51. The quantitative estimate of drug-likeness (QED) is 0.667. The minimum absolute atomic E-state index is 0.119. The SMILES string of the molecule is COC(=O)N1c2ccc3c(nc(C(C)c4ccccc4)n3C)c2CC[C@@H]1C. The number of benzene rings is 2. The molecule has 4 rings (SSSR count). The number of nitrogens with zero attached hydrogens (tertiary/aromatic N) is 3. The molecule has 1 aliphatic heterocycles. The normalized spacial score (nSPS) is 17.6. The van der Waals surface area contributed by atoms with Gasteiger partial charge < -0.3 is 9.30 Å². The van der Waals surface area contributed by atoms with Crippen LogP contribution < -0.4 is 4.90 Å². The van der Waals surface area contributed by atoms with Crippen molar-refractivity contribution in [3.05, 3.63) is 59.4 Å². The molecule has 1 unspecified atom stereocenters. The first-order valence-electron chi connectivity index (χ1n) is 9.43. The maximum absolute atomic E-state index is 12.3. The van der Waals surface area contributed by atoms with E-state index < -0.39 is 0 Å². The van der Waals surface area contributed by atoms with Gasteiger partial charge in [0, 0.05) is 24.6 Å². The summed E-state index contributed by atoms with van der Waals surface area (Å²) >= 11 is 0. The zero-order valence-electron chi connectivity index (χ0n) is 16.3. The van der Waals surface area contributed by atoms with Crippen LogP contribution >= 0.6 is 0 Å². The van der Waals surface area contributed by atoms with E-state index >= 15 is 0 Å². The number of ether oxygens (including phenoxy) is 1. The number of hydrogen-bond acceptors (Lipinski definition) is 3. The van der Waals surface area contributed by atoms with Gasteiger partial charge in [-0.05, 0) is 37.5 Å². The number of hydrogen-bond donors (Lipinski definition) is 0. The summed E-state index contributed by atoms with van der Waals surface area (Å²) in [5, 5.41) is 0. The number of rotatable bonds is 2. The number of aromatic nitrogens is 2. The van der Waals surface area contributed by atoms with Gasteiger partial charge in [0.25, 0.3) is 0 Å². The summed E-state index contributed by atoms with van der Waals surface area (Å²) in [6, 6.07) is 14.6. The van der Waals surface area contributed by atoms with Crippen LogP contribution in [0.3, 0.4) is 0 Å².